The molecule has 2 fully saturated rings. The van der Waals surface area contributed by atoms with E-state index in [2.05, 4.69) is 4.90 Å². The number of hydrogen-bond acceptors (Lipinski definition) is 4. The van der Waals surface area contributed by atoms with Gasteiger partial charge in [-0.3, -0.25) is 9.69 Å². The maximum Gasteiger partial charge on any atom is 0.222 e. The summed E-state index contributed by atoms with van der Waals surface area (Å²) < 4.78 is 11.0. The molecule has 1 atom stereocenters. The van der Waals surface area contributed by atoms with E-state index in [4.69, 9.17) is 21.1 Å². The van der Waals surface area contributed by atoms with Gasteiger partial charge in [-0.25, -0.2) is 0 Å². The van der Waals surface area contributed by atoms with Crippen LogP contribution < -0.4 is 9.47 Å². The van der Waals surface area contributed by atoms with E-state index in [1.165, 1.54) is 12.8 Å². The monoisotopic (exact) mass is 394 g/mol. The Labute approximate surface area is 167 Å². The predicted molar refractivity (Wildman–Crippen MR) is 108 cm³/mol. The number of nitrogens with zero attached hydrogens (tertiary/aromatic N) is 2. The SMILES string of the molecule is COc1cc(Cl)cc(CN2CCCC(CCC(=O)N3CCCC3)C2)c1OC. The van der Waals surface area contributed by atoms with Gasteiger partial charge in [0.2, 0.25) is 5.91 Å². The molecular formula is C21H31ClN2O3. The fourth-order valence-corrected chi connectivity index (χ4v) is 4.58. The van der Waals surface area contributed by atoms with Crippen LogP contribution in [-0.2, 0) is 11.3 Å². The van der Waals surface area contributed by atoms with Crippen LogP contribution in [0.1, 0.15) is 44.1 Å². The summed E-state index contributed by atoms with van der Waals surface area (Å²) >= 11 is 6.25. The highest BCUT2D eigenvalue weighted by Crippen LogP contribution is 2.36. The zero-order chi connectivity index (χ0) is 19.2. The quantitative estimate of drug-likeness (QED) is 0.701. The summed E-state index contributed by atoms with van der Waals surface area (Å²) in [5, 5.41) is 0.660. The molecule has 2 heterocycles. The van der Waals surface area contributed by atoms with Crippen molar-refractivity contribution < 1.29 is 14.3 Å². The smallest absolute Gasteiger partial charge is 0.222 e. The molecule has 1 amide bonds. The Morgan fingerprint density at radius 2 is 1.93 bits per heavy atom. The van der Waals surface area contributed by atoms with Crippen molar-refractivity contribution in [1.29, 1.82) is 0 Å². The van der Waals surface area contributed by atoms with Crippen LogP contribution in [0.5, 0.6) is 11.5 Å². The Bertz CT molecular complexity index is 647. The Morgan fingerprint density at radius 3 is 2.63 bits per heavy atom. The molecule has 0 spiro atoms. The molecule has 0 radical (unpaired) electrons. The van der Waals surface area contributed by atoms with Crippen LogP contribution in [0.15, 0.2) is 12.1 Å². The van der Waals surface area contributed by atoms with Crippen molar-refractivity contribution in [3.8, 4) is 11.5 Å². The highest BCUT2D eigenvalue weighted by molar-refractivity contribution is 6.30. The predicted octanol–water partition coefficient (Wildman–Crippen LogP) is 3.97. The molecule has 1 aromatic rings. The van der Waals surface area contributed by atoms with Crippen LogP contribution in [0.2, 0.25) is 5.02 Å². The summed E-state index contributed by atoms with van der Waals surface area (Å²) in [6.45, 7) is 4.77. The normalized spacial score (nSPS) is 20.7. The lowest BCUT2D eigenvalue weighted by Crippen LogP contribution is -2.36. The lowest BCUT2D eigenvalue weighted by Gasteiger charge is -2.33. The van der Waals surface area contributed by atoms with Gasteiger partial charge >= 0.3 is 0 Å². The molecule has 1 aromatic carbocycles. The third-order valence-corrected chi connectivity index (χ3v) is 5.96. The first kappa shape index (κ1) is 20.3. The molecule has 0 bridgehead atoms. The van der Waals surface area contributed by atoms with Gasteiger partial charge in [0, 0.05) is 49.3 Å². The minimum absolute atomic E-state index is 0.339. The Kier molecular flexibility index (Phi) is 7.25. The molecule has 0 aromatic heterocycles. The van der Waals surface area contributed by atoms with Gasteiger partial charge in [0.25, 0.3) is 0 Å². The summed E-state index contributed by atoms with van der Waals surface area (Å²) in [6, 6.07) is 3.75. The highest BCUT2D eigenvalue weighted by Gasteiger charge is 2.24. The van der Waals surface area contributed by atoms with Crippen LogP contribution in [-0.4, -0.2) is 56.1 Å². The third kappa shape index (κ3) is 5.29. The fourth-order valence-electron chi connectivity index (χ4n) is 4.35. The topological polar surface area (TPSA) is 42.0 Å². The van der Waals surface area contributed by atoms with Crippen molar-refractivity contribution in [3.63, 3.8) is 0 Å². The molecule has 2 aliphatic rings. The van der Waals surface area contributed by atoms with Gasteiger partial charge in [0.15, 0.2) is 11.5 Å². The Hall–Kier alpha value is -1.46. The van der Waals surface area contributed by atoms with Gasteiger partial charge in [-0.15, -0.1) is 0 Å². The maximum atomic E-state index is 12.3. The number of hydrogen-bond donors (Lipinski definition) is 0. The van der Waals surface area contributed by atoms with E-state index in [1.807, 2.05) is 11.0 Å². The zero-order valence-corrected chi connectivity index (χ0v) is 17.3. The van der Waals surface area contributed by atoms with Gasteiger partial charge in [0.1, 0.15) is 0 Å². The standard InChI is InChI=1S/C21H31ClN2O3/c1-26-19-13-18(22)12-17(21(19)27-2)15-23-9-5-6-16(14-23)7-8-20(25)24-10-3-4-11-24/h12-13,16H,3-11,14-15H2,1-2H3. The Balaban J connectivity index is 1.57. The summed E-state index contributed by atoms with van der Waals surface area (Å²) in [6.07, 6.45) is 6.37. The molecule has 27 heavy (non-hydrogen) atoms. The van der Waals surface area contributed by atoms with E-state index < -0.39 is 0 Å². The molecule has 0 aliphatic carbocycles. The fraction of sp³-hybridized carbons (Fsp3) is 0.667. The summed E-state index contributed by atoms with van der Waals surface area (Å²) in [4.78, 5) is 16.8. The second-order valence-electron chi connectivity index (χ2n) is 7.67. The zero-order valence-electron chi connectivity index (χ0n) is 16.5. The summed E-state index contributed by atoms with van der Waals surface area (Å²) in [5.41, 5.74) is 1.05. The first-order valence-electron chi connectivity index (χ1n) is 10.0. The lowest BCUT2D eigenvalue weighted by atomic mass is 9.92. The third-order valence-electron chi connectivity index (χ3n) is 5.74. The molecule has 0 saturated carbocycles. The molecule has 150 valence electrons. The summed E-state index contributed by atoms with van der Waals surface area (Å²) in [7, 11) is 3.30. The number of ether oxygens (including phenoxy) is 2. The number of methoxy groups -OCH3 is 2. The first-order valence-corrected chi connectivity index (χ1v) is 10.4. The molecule has 5 nitrogen and oxygen atoms in total. The number of piperidine rings is 1. The van der Waals surface area contributed by atoms with Crippen LogP contribution in [0, 0.1) is 5.92 Å². The minimum atomic E-state index is 0.339. The number of rotatable bonds is 7. The van der Waals surface area contributed by atoms with E-state index in [0.717, 1.165) is 63.3 Å². The van der Waals surface area contributed by atoms with Crippen molar-refractivity contribution in [2.45, 2.75) is 45.1 Å². The number of amides is 1. The maximum absolute atomic E-state index is 12.3. The number of benzene rings is 1. The van der Waals surface area contributed by atoms with Crippen molar-refractivity contribution in [2.75, 3.05) is 40.4 Å². The number of likely N-dealkylation sites (tertiary alicyclic amines) is 2. The lowest BCUT2D eigenvalue weighted by molar-refractivity contribution is -0.130. The molecule has 6 heteroatoms. The van der Waals surface area contributed by atoms with Crippen LogP contribution in [0.3, 0.4) is 0 Å². The largest absolute Gasteiger partial charge is 0.493 e. The number of carbonyl (C=O) groups excluding carboxylic acids is 1. The number of carbonyl (C=O) groups is 1. The van der Waals surface area contributed by atoms with E-state index in [0.29, 0.717) is 29.0 Å². The average molecular weight is 395 g/mol. The van der Waals surface area contributed by atoms with E-state index in [-0.39, 0.29) is 0 Å². The second kappa shape index (κ2) is 9.65. The van der Waals surface area contributed by atoms with E-state index >= 15 is 0 Å². The molecule has 2 saturated heterocycles. The van der Waals surface area contributed by atoms with Crippen molar-refractivity contribution >= 4 is 17.5 Å². The number of halogens is 1. The molecule has 3 rings (SSSR count). The van der Waals surface area contributed by atoms with Crippen molar-refractivity contribution in [2.24, 2.45) is 5.92 Å². The average Bonchev–Trinajstić information content (AvgIpc) is 3.21. The highest BCUT2D eigenvalue weighted by atomic mass is 35.5. The van der Waals surface area contributed by atoms with E-state index in [9.17, 15) is 4.79 Å². The van der Waals surface area contributed by atoms with Gasteiger partial charge in [-0.2, -0.15) is 0 Å². The molecule has 2 aliphatic heterocycles. The summed E-state index contributed by atoms with van der Waals surface area (Å²) in [5.74, 6) is 2.35. The van der Waals surface area contributed by atoms with Crippen LogP contribution in [0.4, 0.5) is 0 Å². The minimum Gasteiger partial charge on any atom is -0.493 e. The van der Waals surface area contributed by atoms with E-state index in [1.54, 1.807) is 20.3 Å². The van der Waals surface area contributed by atoms with Gasteiger partial charge in [-0.05, 0) is 50.6 Å². The van der Waals surface area contributed by atoms with Gasteiger partial charge in [-0.1, -0.05) is 11.6 Å². The van der Waals surface area contributed by atoms with Crippen LogP contribution in [0.25, 0.3) is 0 Å². The van der Waals surface area contributed by atoms with Gasteiger partial charge in [0.05, 0.1) is 14.2 Å². The van der Waals surface area contributed by atoms with Crippen molar-refractivity contribution in [1.82, 2.24) is 9.80 Å². The second-order valence-corrected chi connectivity index (χ2v) is 8.11. The first-order chi connectivity index (χ1) is 13.1. The molecule has 0 N–H and O–H groups in total. The van der Waals surface area contributed by atoms with Gasteiger partial charge < -0.3 is 14.4 Å². The van der Waals surface area contributed by atoms with Crippen molar-refractivity contribution in [3.05, 3.63) is 22.7 Å². The van der Waals surface area contributed by atoms with Crippen LogP contribution >= 0.6 is 11.6 Å². The molecule has 1 unspecified atom stereocenters. The molecular weight excluding hydrogens is 364 g/mol. The Morgan fingerprint density at radius 1 is 1.15 bits per heavy atom.